The van der Waals surface area contributed by atoms with Gasteiger partial charge < -0.3 is 4.90 Å². The van der Waals surface area contributed by atoms with E-state index >= 15 is 0 Å². The van der Waals surface area contributed by atoms with E-state index < -0.39 is 9.84 Å². The van der Waals surface area contributed by atoms with Crippen LogP contribution in [0.5, 0.6) is 0 Å². The van der Waals surface area contributed by atoms with Gasteiger partial charge in [0.05, 0.1) is 4.90 Å². The Kier molecular flexibility index (Phi) is 6.17. The molecule has 0 aliphatic carbocycles. The normalized spacial score (nSPS) is 16.5. The van der Waals surface area contributed by atoms with Gasteiger partial charge in [-0.2, -0.15) is 0 Å². The van der Waals surface area contributed by atoms with Crippen molar-refractivity contribution < 1.29 is 13.2 Å². The molecule has 2 aromatic rings. The summed E-state index contributed by atoms with van der Waals surface area (Å²) in [5.41, 5.74) is 1.08. The summed E-state index contributed by atoms with van der Waals surface area (Å²) in [6, 6.07) is 8.96. The average Bonchev–Trinajstić information content (AvgIpc) is 2.88. The van der Waals surface area contributed by atoms with E-state index in [9.17, 15) is 13.2 Å². The number of sulfone groups is 1. The largest absolute Gasteiger partial charge is 0.337 e. The molecule has 1 aromatic heterocycles. The summed E-state index contributed by atoms with van der Waals surface area (Å²) in [4.78, 5) is 18.0. The highest BCUT2D eigenvalue weighted by Crippen LogP contribution is 2.25. The Morgan fingerprint density at radius 2 is 1.85 bits per heavy atom. The molecule has 1 fully saturated rings. The summed E-state index contributed by atoms with van der Waals surface area (Å²) in [7, 11) is -3.16. The molecule has 140 valence electrons. The van der Waals surface area contributed by atoms with Crippen molar-refractivity contribution in [3.8, 4) is 0 Å². The van der Waals surface area contributed by atoms with Crippen LogP contribution in [0.15, 0.2) is 45.1 Å². The molecular formula is C18H21BrN2O3S2. The van der Waals surface area contributed by atoms with Gasteiger partial charge in [0.15, 0.2) is 9.84 Å². The predicted molar refractivity (Wildman–Crippen MR) is 107 cm³/mol. The third-order valence-electron chi connectivity index (χ3n) is 4.44. The van der Waals surface area contributed by atoms with Crippen LogP contribution in [0.25, 0.3) is 0 Å². The lowest BCUT2D eigenvalue weighted by Crippen LogP contribution is -2.34. The van der Waals surface area contributed by atoms with Gasteiger partial charge in [-0.25, -0.2) is 8.42 Å². The van der Waals surface area contributed by atoms with Crippen LogP contribution in [-0.2, 0) is 16.4 Å². The number of rotatable bonds is 4. The smallest absolute Gasteiger partial charge is 0.265 e. The van der Waals surface area contributed by atoms with E-state index in [2.05, 4.69) is 20.8 Å². The zero-order valence-corrected chi connectivity index (χ0v) is 17.7. The van der Waals surface area contributed by atoms with Gasteiger partial charge in [0.2, 0.25) is 0 Å². The van der Waals surface area contributed by atoms with Crippen molar-refractivity contribution >= 4 is 43.0 Å². The Bertz CT molecular complexity index is 878. The molecule has 1 amide bonds. The molecule has 0 saturated carbocycles. The Hall–Kier alpha value is -1.22. The average molecular weight is 457 g/mol. The lowest BCUT2D eigenvalue weighted by atomic mass is 10.2. The van der Waals surface area contributed by atoms with Crippen LogP contribution in [0.3, 0.4) is 0 Å². The molecule has 26 heavy (non-hydrogen) atoms. The van der Waals surface area contributed by atoms with Crippen molar-refractivity contribution in [1.29, 1.82) is 0 Å². The van der Waals surface area contributed by atoms with E-state index in [0.29, 0.717) is 11.4 Å². The fourth-order valence-electron chi connectivity index (χ4n) is 3.02. The van der Waals surface area contributed by atoms with Crippen molar-refractivity contribution in [2.24, 2.45) is 0 Å². The second-order valence-electron chi connectivity index (χ2n) is 6.44. The van der Waals surface area contributed by atoms with Gasteiger partial charge >= 0.3 is 0 Å². The van der Waals surface area contributed by atoms with Crippen LogP contribution in [0, 0.1) is 0 Å². The lowest BCUT2D eigenvalue weighted by Gasteiger charge is -2.22. The molecule has 0 atom stereocenters. The monoisotopic (exact) mass is 456 g/mol. The van der Waals surface area contributed by atoms with Crippen molar-refractivity contribution in [2.45, 2.75) is 17.9 Å². The summed E-state index contributed by atoms with van der Waals surface area (Å²) in [5, 5.41) is 1.92. The van der Waals surface area contributed by atoms with Crippen LogP contribution < -0.4 is 0 Å². The topological polar surface area (TPSA) is 57.7 Å². The summed E-state index contributed by atoms with van der Waals surface area (Å²) < 4.78 is 24.0. The number of amides is 1. The Morgan fingerprint density at radius 3 is 2.46 bits per heavy atom. The van der Waals surface area contributed by atoms with Crippen LogP contribution >= 0.6 is 27.3 Å². The maximum absolute atomic E-state index is 12.7. The zero-order chi connectivity index (χ0) is 18.7. The first-order valence-corrected chi connectivity index (χ1v) is 11.9. The molecule has 0 N–H and O–H groups in total. The van der Waals surface area contributed by atoms with Crippen LogP contribution in [0.2, 0.25) is 0 Å². The zero-order valence-electron chi connectivity index (χ0n) is 14.5. The molecule has 0 radical (unpaired) electrons. The number of thiophene rings is 1. The molecular weight excluding hydrogens is 436 g/mol. The van der Waals surface area contributed by atoms with Crippen molar-refractivity contribution in [2.75, 3.05) is 32.4 Å². The summed E-state index contributed by atoms with van der Waals surface area (Å²) in [6.07, 6.45) is 2.14. The number of hydrogen-bond donors (Lipinski definition) is 0. The quantitative estimate of drug-likeness (QED) is 0.708. The molecule has 0 spiro atoms. The third-order valence-corrected chi connectivity index (χ3v) is 7.40. The van der Waals surface area contributed by atoms with E-state index in [1.54, 1.807) is 12.1 Å². The van der Waals surface area contributed by atoms with Gasteiger partial charge in [0.25, 0.3) is 5.91 Å². The minimum atomic E-state index is -3.16. The van der Waals surface area contributed by atoms with E-state index in [-0.39, 0.29) is 5.91 Å². The van der Waals surface area contributed by atoms with Crippen molar-refractivity contribution in [1.82, 2.24) is 9.80 Å². The Balaban J connectivity index is 1.60. The maximum atomic E-state index is 12.7. The highest BCUT2D eigenvalue weighted by Gasteiger charge is 2.22. The van der Waals surface area contributed by atoms with Gasteiger partial charge in [0, 0.05) is 43.5 Å². The lowest BCUT2D eigenvalue weighted by molar-refractivity contribution is 0.0765. The van der Waals surface area contributed by atoms with Gasteiger partial charge in [-0.15, -0.1) is 11.3 Å². The molecule has 1 aromatic carbocycles. The van der Waals surface area contributed by atoms with Gasteiger partial charge in [0.1, 0.15) is 4.88 Å². The summed E-state index contributed by atoms with van der Waals surface area (Å²) in [6.45, 7) is 3.94. The number of hydrogen-bond acceptors (Lipinski definition) is 5. The number of halogens is 1. The molecule has 5 nitrogen and oxygen atoms in total. The first kappa shape index (κ1) is 19.5. The maximum Gasteiger partial charge on any atom is 0.265 e. The summed E-state index contributed by atoms with van der Waals surface area (Å²) in [5.74, 6) is 0.0891. The Morgan fingerprint density at radius 1 is 1.12 bits per heavy atom. The predicted octanol–water partition coefficient (Wildman–Crippen LogP) is 3.26. The SMILES string of the molecule is CS(=O)(=O)c1ccc(CN2CCCN(C(=O)c3sccc3Br)CC2)cc1. The number of carbonyl (C=O) groups is 1. The highest BCUT2D eigenvalue weighted by atomic mass is 79.9. The van der Waals surface area contributed by atoms with E-state index in [1.165, 1.54) is 17.6 Å². The number of benzene rings is 1. The highest BCUT2D eigenvalue weighted by molar-refractivity contribution is 9.10. The van der Waals surface area contributed by atoms with Crippen LogP contribution in [0.1, 0.15) is 21.7 Å². The van der Waals surface area contributed by atoms with Crippen LogP contribution in [0.4, 0.5) is 0 Å². The van der Waals surface area contributed by atoms with E-state index in [4.69, 9.17) is 0 Å². The van der Waals surface area contributed by atoms with Gasteiger partial charge in [-0.1, -0.05) is 12.1 Å². The molecule has 0 bridgehead atoms. The van der Waals surface area contributed by atoms with Crippen molar-refractivity contribution in [3.05, 3.63) is 50.6 Å². The second kappa shape index (κ2) is 8.21. The third kappa shape index (κ3) is 4.73. The molecule has 3 rings (SSSR count). The van der Waals surface area contributed by atoms with E-state index in [1.807, 2.05) is 28.5 Å². The standard InChI is InChI=1S/C18H21BrN2O3S2/c1-26(23,24)15-5-3-14(4-6-15)13-20-8-2-9-21(11-10-20)18(22)17-16(19)7-12-25-17/h3-7,12H,2,8-11,13H2,1H3. The Labute approximate surface area is 166 Å². The molecule has 0 unspecified atom stereocenters. The first-order valence-electron chi connectivity index (χ1n) is 8.38. The molecule has 1 aliphatic heterocycles. The van der Waals surface area contributed by atoms with Gasteiger partial charge in [-0.05, 0) is 51.5 Å². The summed E-state index contributed by atoms with van der Waals surface area (Å²) >= 11 is 4.90. The molecule has 1 aliphatic rings. The first-order chi connectivity index (χ1) is 12.3. The molecule has 8 heteroatoms. The number of nitrogens with zero attached hydrogens (tertiary/aromatic N) is 2. The molecule has 2 heterocycles. The fraction of sp³-hybridized carbons (Fsp3) is 0.389. The minimum Gasteiger partial charge on any atom is -0.337 e. The van der Waals surface area contributed by atoms with E-state index in [0.717, 1.165) is 47.5 Å². The number of carbonyl (C=O) groups excluding carboxylic acids is 1. The van der Waals surface area contributed by atoms with Crippen molar-refractivity contribution in [3.63, 3.8) is 0 Å². The minimum absolute atomic E-state index is 0.0891. The second-order valence-corrected chi connectivity index (χ2v) is 10.2. The molecule has 1 saturated heterocycles. The van der Waals surface area contributed by atoms with Gasteiger partial charge in [-0.3, -0.25) is 9.69 Å². The fourth-order valence-corrected chi connectivity index (χ4v) is 5.16. The van der Waals surface area contributed by atoms with Crippen LogP contribution in [-0.4, -0.2) is 56.6 Å².